The first-order valence-electron chi connectivity index (χ1n) is 5.49. The molecule has 0 radical (unpaired) electrons. The molecular weight excluding hydrogens is 272 g/mol. The van der Waals surface area contributed by atoms with E-state index in [-0.39, 0.29) is 43.5 Å². The van der Waals surface area contributed by atoms with E-state index in [0.29, 0.717) is 6.42 Å². The molecule has 3 N–H and O–H groups in total. The normalized spacial score (nSPS) is 12.8. The van der Waals surface area contributed by atoms with E-state index in [1.54, 1.807) is 28.1 Å². The number of nitrogens with one attached hydrogen (secondary N) is 3. The molecule has 1 unspecified atom stereocenters. The topological polar surface area (TPSA) is 70.2 Å². The van der Waals surface area contributed by atoms with Crippen molar-refractivity contribution in [3.05, 3.63) is 0 Å². The monoisotopic (exact) mass is 293 g/mol. The molecule has 0 amide bonds. The fraction of sp³-hybridized carbons (Fsp3) is 0.818. The zero-order valence-corrected chi connectivity index (χ0v) is 14.5. The molecule has 0 rings (SSSR count). The average Bonchev–Trinajstić information content (AvgIpc) is 2.27. The molecule has 0 saturated carbocycles. The second-order valence-electron chi connectivity index (χ2n) is 4.16. The Morgan fingerprint density at radius 2 is 1.65 bits per heavy atom. The molecule has 0 aromatic carbocycles. The van der Waals surface area contributed by atoms with Crippen LogP contribution in [0.1, 0.15) is 26.7 Å². The number of hydrogen-bond donors (Lipinski definition) is 3. The number of ketones is 2. The Balaban J connectivity index is 0. The SMILES string of the molecule is CNC(C)CC(=O)CC(=O)C(C)(NC)NC.[Zn]. The summed E-state index contributed by atoms with van der Waals surface area (Å²) in [5.74, 6) is -0.172. The van der Waals surface area contributed by atoms with Crippen LogP contribution in [0, 0.1) is 0 Å². The summed E-state index contributed by atoms with van der Waals surface area (Å²) in [7, 11) is 5.18. The van der Waals surface area contributed by atoms with Gasteiger partial charge in [-0.25, -0.2) is 0 Å². The van der Waals surface area contributed by atoms with Crippen LogP contribution in [0.4, 0.5) is 0 Å². The van der Waals surface area contributed by atoms with Gasteiger partial charge in [-0.05, 0) is 35.0 Å². The molecule has 0 aliphatic rings. The van der Waals surface area contributed by atoms with Crippen molar-refractivity contribution in [2.45, 2.75) is 38.4 Å². The van der Waals surface area contributed by atoms with Crippen molar-refractivity contribution in [3.63, 3.8) is 0 Å². The third-order valence-electron chi connectivity index (χ3n) is 2.94. The minimum atomic E-state index is -0.821. The van der Waals surface area contributed by atoms with Crippen molar-refractivity contribution >= 4 is 11.6 Å². The summed E-state index contributed by atoms with van der Waals surface area (Å²) in [6.07, 6.45) is 0.343. The summed E-state index contributed by atoms with van der Waals surface area (Å²) in [6.45, 7) is 3.64. The van der Waals surface area contributed by atoms with Crippen molar-refractivity contribution in [2.24, 2.45) is 0 Å². The van der Waals surface area contributed by atoms with E-state index in [9.17, 15) is 9.59 Å². The van der Waals surface area contributed by atoms with Crippen LogP contribution < -0.4 is 16.0 Å². The van der Waals surface area contributed by atoms with Gasteiger partial charge >= 0.3 is 0 Å². The molecule has 0 saturated heterocycles. The van der Waals surface area contributed by atoms with E-state index in [1.165, 1.54) is 0 Å². The maximum Gasteiger partial charge on any atom is 0.174 e. The van der Waals surface area contributed by atoms with E-state index in [1.807, 2.05) is 6.92 Å². The average molecular weight is 295 g/mol. The predicted octanol–water partition coefficient (Wildman–Crippen LogP) is -0.335. The van der Waals surface area contributed by atoms with Gasteiger partial charge in [-0.3, -0.25) is 20.2 Å². The summed E-state index contributed by atoms with van der Waals surface area (Å²) in [4.78, 5) is 23.4. The van der Waals surface area contributed by atoms with Crippen LogP contribution in [0.15, 0.2) is 0 Å². The van der Waals surface area contributed by atoms with Crippen LogP contribution in [0.25, 0.3) is 0 Å². The first-order chi connectivity index (χ1) is 7.39. The molecule has 0 heterocycles. The van der Waals surface area contributed by atoms with Crippen molar-refractivity contribution in [2.75, 3.05) is 21.1 Å². The summed E-state index contributed by atoms with van der Waals surface area (Å²) >= 11 is 0. The minimum absolute atomic E-state index is 0. The summed E-state index contributed by atoms with van der Waals surface area (Å²) < 4.78 is 0. The molecule has 6 heteroatoms. The largest absolute Gasteiger partial charge is 0.317 e. The fourth-order valence-electron chi connectivity index (χ4n) is 1.28. The molecule has 0 aromatic heterocycles. The maximum atomic E-state index is 11.8. The van der Waals surface area contributed by atoms with Gasteiger partial charge in [0.1, 0.15) is 11.4 Å². The first-order valence-corrected chi connectivity index (χ1v) is 5.49. The third-order valence-corrected chi connectivity index (χ3v) is 2.94. The molecule has 0 aliphatic heterocycles. The Labute approximate surface area is 116 Å². The van der Waals surface area contributed by atoms with Crippen molar-refractivity contribution in [1.82, 2.24) is 16.0 Å². The first kappa shape index (κ1) is 19.2. The van der Waals surface area contributed by atoms with Gasteiger partial charge in [-0.2, -0.15) is 0 Å². The Morgan fingerprint density at radius 3 is 2.00 bits per heavy atom. The summed E-state index contributed by atoms with van der Waals surface area (Å²) in [5, 5.41) is 8.72. The third kappa shape index (κ3) is 6.36. The van der Waals surface area contributed by atoms with Gasteiger partial charge in [0.2, 0.25) is 0 Å². The number of carbonyl (C=O) groups excluding carboxylic acids is 2. The Kier molecular flexibility index (Phi) is 10.0. The number of carbonyl (C=O) groups is 2. The standard InChI is InChI=1S/C11H23N3O2.Zn/c1-8(12-3)6-9(15)7-10(16)11(2,13-4)14-5;/h8,12-14H,6-7H2,1-5H3;. The van der Waals surface area contributed by atoms with Crippen molar-refractivity contribution < 1.29 is 29.1 Å². The molecule has 96 valence electrons. The second-order valence-corrected chi connectivity index (χ2v) is 4.16. The molecular formula is C11H23N3O2Zn. The van der Waals surface area contributed by atoms with Gasteiger partial charge < -0.3 is 5.32 Å². The quantitative estimate of drug-likeness (QED) is 0.325. The molecule has 0 spiro atoms. The molecule has 0 aliphatic carbocycles. The second kappa shape index (κ2) is 8.87. The van der Waals surface area contributed by atoms with Gasteiger partial charge in [0, 0.05) is 31.9 Å². The summed E-state index contributed by atoms with van der Waals surface area (Å²) in [6, 6.07) is 0.107. The van der Waals surface area contributed by atoms with Crippen LogP contribution in [-0.2, 0) is 29.1 Å². The maximum absolute atomic E-state index is 11.8. The molecule has 0 fully saturated rings. The van der Waals surface area contributed by atoms with Crippen LogP contribution in [0.5, 0.6) is 0 Å². The van der Waals surface area contributed by atoms with Crippen molar-refractivity contribution in [1.29, 1.82) is 0 Å². The zero-order valence-electron chi connectivity index (χ0n) is 11.5. The van der Waals surface area contributed by atoms with Crippen LogP contribution in [0.2, 0.25) is 0 Å². The molecule has 5 nitrogen and oxygen atoms in total. The Bertz CT molecular complexity index is 255. The number of hydrogen-bond acceptors (Lipinski definition) is 5. The fourth-order valence-corrected chi connectivity index (χ4v) is 1.28. The van der Waals surface area contributed by atoms with E-state index < -0.39 is 5.66 Å². The molecule has 0 aromatic rings. The number of rotatable bonds is 8. The predicted molar refractivity (Wildman–Crippen MR) is 64.3 cm³/mol. The van der Waals surface area contributed by atoms with Crippen LogP contribution in [-0.4, -0.2) is 44.4 Å². The summed E-state index contributed by atoms with van der Waals surface area (Å²) in [5.41, 5.74) is -0.821. The van der Waals surface area contributed by atoms with Gasteiger partial charge in [0.25, 0.3) is 0 Å². The smallest absolute Gasteiger partial charge is 0.174 e. The minimum Gasteiger partial charge on any atom is -0.317 e. The van der Waals surface area contributed by atoms with Gasteiger partial charge in [0.15, 0.2) is 5.78 Å². The van der Waals surface area contributed by atoms with Gasteiger partial charge in [0.05, 0.1) is 6.42 Å². The van der Waals surface area contributed by atoms with E-state index >= 15 is 0 Å². The number of Topliss-reactive ketones (excluding diaryl/α,β-unsaturated/α-hetero) is 2. The van der Waals surface area contributed by atoms with E-state index in [4.69, 9.17) is 0 Å². The molecule has 1 atom stereocenters. The van der Waals surface area contributed by atoms with E-state index in [2.05, 4.69) is 16.0 Å². The molecule has 17 heavy (non-hydrogen) atoms. The van der Waals surface area contributed by atoms with Crippen LogP contribution in [0.3, 0.4) is 0 Å². The van der Waals surface area contributed by atoms with Gasteiger partial charge in [-0.15, -0.1) is 0 Å². The van der Waals surface area contributed by atoms with E-state index in [0.717, 1.165) is 0 Å². The molecule has 0 bridgehead atoms. The number of likely N-dealkylation sites (N-methyl/N-ethyl adjacent to an activating group) is 2. The van der Waals surface area contributed by atoms with Crippen molar-refractivity contribution in [3.8, 4) is 0 Å². The Hall–Kier alpha value is -0.157. The van der Waals surface area contributed by atoms with Gasteiger partial charge in [-0.1, -0.05) is 0 Å². The van der Waals surface area contributed by atoms with Crippen LogP contribution >= 0.6 is 0 Å². The zero-order chi connectivity index (χ0) is 12.8. The Morgan fingerprint density at radius 1 is 1.18 bits per heavy atom.